The van der Waals surface area contributed by atoms with Gasteiger partial charge in [0.15, 0.2) is 9.84 Å². The molecule has 6 atom stereocenters. The number of rotatable bonds is 13. The lowest BCUT2D eigenvalue weighted by atomic mass is 9.72. The molecule has 1 saturated heterocycles. The molecule has 4 N–H and O–H groups in total. The number of halogens is 1. The van der Waals surface area contributed by atoms with Gasteiger partial charge < -0.3 is 21.1 Å². The summed E-state index contributed by atoms with van der Waals surface area (Å²) in [5.41, 5.74) is 0.590. The molecular formula is C36H53ClN4O6S2. The van der Waals surface area contributed by atoms with Gasteiger partial charge in [0.2, 0.25) is 11.8 Å². The minimum Gasteiger partial charge on any atom is -0.390 e. The molecule has 10 nitrogen and oxygen atoms in total. The van der Waals surface area contributed by atoms with Gasteiger partial charge in [-0.3, -0.25) is 19.3 Å². The third-order valence-corrected chi connectivity index (χ3v) is 13.5. The number of sulfone groups is 1. The van der Waals surface area contributed by atoms with Crippen molar-refractivity contribution in [2.45, 2.75) is 114 Å². The molecule has 4 rings (SSSR count). The Morgan fingerprint density at radius 2 is 1.65 bits per heavy atom. The molecule has 3 amide bonds. The predicted molar refractivity (Wildman–Crippen MR) is 196 cm³/mol. The Morgan fingerprint density at radius 1 is 1.00 bits per heavy atom. The monoisotopic (exact) mass is 736 g/mol. The SMILES string of the molecule is CC(C)(C)NC(=O)[C@@H]1C[C@@H]2CCCC[C@@H]2CN1C[C@@H](O)[C@H](CCc1ccccc1)NC(=O)[C@@H](NC(=O)c1ccc(Cl)s1)C(C)(C)S(C)(=O)=O. The van der Waals surface area contributed by atoms with Crippen LogP contribution in [0.1, 0.15) is 88.4 Å². The first kappa shape index (κ1) is 39.3. The Morgan fingerprint density at radius 3 is 2.24 bits per heavy atom. The van der Waals surface area contributed by atoms with Crippen LogP contribution in [0.5, 0.6) is 0 Å². The van der Waals surface area contributed by atoms with E-state index in [9.17, 15) is 27.9 Å². The van der Waals surface area contributed by atoms with Crippen LogP contribution in [0.15, 0.2) is 42.5 Å². The summed E-state index contributed by atoms with van der Waals surface area (Å²) in [4.78, 5) is 43.3. The zero-order valence-corrected chi connectivity index (χ0v) is 31.9. The number of hydrogen-bond acceptors (Lipinski definition) is 8. The summed E-state index contributed by atoms with van der Waals surface area (Å²) in [7, 11) is -3.86. The van der Waals surface area contributed by atoms with Gasteiger partial charge >= 0.3 is 0 Å². The topological polar surface area (TPSA) is 145 Å². The van der Waals surface area contributed by atoms with Crippen LogP contribution < -0.4 is 16.0 Å². The predicted octanol–water partition coefficient (Wildman–Crippen LogP) is 4.60. The lowest BCUT2D eigenvalue weighted by Gasteiger charge is -2.47. The lowest BCUT2D eigenvalue weighted by molar-refractivity contribution is -0.133. The van der Waals surface area contributed by atoms with Gasteiger partial charge in [-0.1, -0.05) is 61.2 Å². The molecule has 1 aliphatic carbocycles. The van der Waals surface area contributed by atoms with Crippen LogP contribution in [0.3, 0.4) is 0 Å². The van der Waals surface area contributed by atoms with Gasteiger partial charge in [0.25, 0.3) is 5.91 Å². The normalized spacial score (nSPS) is 22.3. The number of likely N-dealkylation sites (tertiary alicyclic amines) is 1. The number of carbonyl (C=O) groups is 3. The van der Waals surface area contributed by atoms with Crippen molar-refractivity contribution in [2.75, 3.05) is 19.3 Å². The summed E-state index contributed by atoms with van der Waals surface area (Å²) in [6.07, 6.45) is 6.00. The van der Waals surface area contributed by atoms with Crippen LogP contribution in [-0.2, 0) is 25.8 Å². The average molecular weight is 737 g/mol. The summed E-state index contributed by atoms with van der Waals surface area (Å²) in [5, 5.41) is 20.6. The minimum absolute atomic E-state index is 0.0695. The number of piperidine rings is 1. The van der Waals surface area contributed by atoms with Gasteiger partial charge in [-0.2, -0.15) is 0 Å². The molecule has 13 heteroatoms. The molecule has 2 aromatic rings. The fourth-order valence-electron chi connectivity index (χ4n) is 7.00. The lowest BCUT2D eigenvalue weighted by Crippen LogP contribution is -2.63. The highest BCUT2D eigenvalue weighted by molar-refractivity contribution is 7.92. The van der Waals surface area contributed by atoms with Gasteiger partial charge in [-0.15, -0.1) is 11.3 Å². The highest BCUT2D eigenvalue weighted by Crippen LogP contribution is 2.39. The third-order valence-electron chi connectivity index (χ3n) is 10.1. The number of aryl methyl sites for hydroxylation is 1. The van der Waals surface area contributed by atoms with Crippen molar-refractivity contribution in [1.29, 1.82) is 0 Å². The van der Waals surface area contributed by atoms with E-state index in [2.05, 4.69) is 20.9 Å². The van der Waals surface area contributed by atoms with Crippen molar-refractivity contribution < 1.29 is 27.9 Å². The maximum Gasteiger partial charge on any atom is 0.262 e. The standard InChI is InChI=1S/C36H53ClN4O6S2/c1-35(2,3)40-32(43)27-20-24-14-10-11-15-25(24)21-41(27)22-28(42)26(17-16-23-12-8-7-9-13-23)38-34(45)31(36(4,5)49(6,46)47)39-33(44)29-18-19-30(37)48-29/h7-9,12-13,18-19,24-28,31,42H,10-11,14-17,20-22H2,1-6H3,(H,38,45)(H,39,44)(H,40,43)/t24-,25+,26-,27-,28+,31+/m0/s1. The molecule has 1 aromatic carbocycles. The number of nitrogens with zero attached hydrogens (tertiary/aromatic N) is 1. The Hall–Kier alpha value is -2.51. The molecule has 49 heavy (non-hydrogen) atoms. The van der Waals surface area contributed by atoms with E-state index in [4.69, 9.17) is 11.6 Å². The van der Waals surface area contributed by atoms with Crippen molar-refractivity contribution in [2.24, 2.45) is 11.8 Å². The molecule has 272 valence electrons. The molecule has 1 aromatic heterocycles. The number of carbonyl (C=O) groups excluding carboxylic acids is 3. The fraction of sp³-hybridized carbons (Fsp3) is 0.639. The van der Waals surface area contributed by atoms with Gasteiger partial charge in [0.1, 0.15) is 6.04 Å². The first-order valence-electron chi connectivity index (χ1n) is 17.2. The Balaban J connectivity index is 1.61. The molecule has 2 fully saturated rings. The molecule has 0 spiro atoms. The molecule has 0 bridgehead atoms. The van der Waals surface area contributed by atoms with E-state index < -0.39 is 56.2 Å². The van der Waals surface area contributed by atoms with Crippen LogP contribution in [0, 0.1) is 11.8 Å². The van der Waals surface area contributed by atoms with Crippen molar-refractivity contribution in [3.8, 4) is 0 Å². The summed E-state index contributed by atoms with van der Waals surface area (Å²) in [5.74, 6) is -0.542. The Kier molecular flexibility index (Phi) is 13.0. The number of benzene rings is 1. The quantitative estimate of drug-likeness (QED) is 0.235. The minimum atomic E-state index is -3.86. The van der Waals surface area contributed by atoms with Crippen LogP contribution >= 0.6 is 22.9 Å². The van der Waals surface area contributed by atoms with Crippen molar-refractivity contribution in [1.82, 2.24) is 20.9 Å². The molecule has 2 aliphatic rings. The number of hydrogen-bond donors (Lipinski definition) is 4. The van der Waals surface area contributed by atoms with Gasteiger partial charge in [-0.05, 0) is 89.8 Å². The number of nitrogens with one attached hydrogen (secondary N) is 3. The van der Waals surface area contributed by atoms with Crippen molar-refractivity contribution in [3.63, 3.8) is 0 Å². The van der Waals surface area contributed by atoms with Crippen LogP contribution in [0.2, 0.25) is 4.34 Å². The zero-order chi connectivity index (χ0) is 36.1. The number of aliphatic hydroxyl groups excluding tert-OH is 1. The Labute approximate surface area is 300 Å². The first-order chi connectivity index (χ1) is 22.9. The summed E-state index contributed by atoms with van der Waals surface area (Å²) < 4.78 is 24.7. The number of amides is 3. The van der Waals surface area contributed by atoms with E-state index in [0.29, 0.717) is 42.0 Å². The maximum absolute atomic E-state index is 14.1. The maximum atomic E-state index is 14.1. The highest BCUT2D eigenvalue weighted by Gasteiger charge is 2.46. The second kappa shape index (κ2) is 16.2. The average Bonchev–Trinajstić information content (AvgIpc) is 3.46. The molecular weight excluding hydrogens is 684 g/mol. The number of thiophene rings is 1. The van der Waals surface area contributed by atoms with Gasteiger partial charge in [0.05, 0.1) is 32.1 Å². The van der Waals surface area contributed by atoms with E-state index in [1.807, 2.05) is 51.1 Å². The van der Waals surface area contributed by atoms with E-state index >= 15 is 0 Å². The summed E-state index contributed by atoms with van der Waals surface area (Å²) in [6, 6.07) is 10.0. The second-order valence-corrected chi connectivity index (χ2v) is 19.7. The molecule has 0 radical (unpaired) electrons. The number of β-amino-alcohol motifs (C(OH)–C–C–N with tert-alkyl or cyclic N) is 1. The van der Waals surface area contributed by atoms with Gasteiger partial charge in [-0.25, -0.2) is 8.42 Å². The molecule has 1 aliphatic heterocycles. The highest BCUT2D eigenvalue weighted by atomic mass is 35.5. The van der Waals surface area contributed by atoms with Crippen molar-refractivity contribution >= 4 is 50.5 Å². The third kappa shape index (κ3) is 10.5. The van der Waals surface area contributed by atoms with E-state index in [1.165, 1.54) is 19.9 Å². The van der Waals surface area contributed by atoms with E-state index in [1.54, 1.807) is 6.07 Å². The second-order valence-electron chi connectivity index (χ2n) is 15.3. The van der Waals surface area contributed by atoms with Crippen LogP contribution in [0.25, 0.3) is 0 Å². The van der Waals surface area contributed by atoms with Crippen LogP contribution in [-0.4, -0.2) is 90.0 Å². The first-order valence-corrected chi connectivity index (χ1v) is 20.3. The van der Waals surface area contributed by atoms with E-state index in [0.717, 1.165) is 48.8 Å². The van der Waals surface area contributed by atoms with Crippen LogP contribution in [0.4, 0.5) is 0 Å². The zero-order valence-electron chi connectivity index (χ0n) is 29.5. The summed E-state index contributed by atoms with van der Waals surface area (Å²) >= 11 is 7.06. The smallest absolute Gasteiger partial charge is 0.262 e. The summed E-state index contributed by atoms with van der Waals surface area (Å²) in [6.45, 7) is 9.47. The Bertz CT molecular complexity index is 1560. The molecule has 1 saturated carbocycles. The number of fused-ring (bicyclic) bond motifs is 1. The van der Waals surface area contributed by atoms with E-state index in [-0.39, 0.29) is 17.3 Å². The fourth-order valence-corrected chi connectivity index (χ4v) is 8.54. The van der Waals surface area contributed by atoms with Crippen molar-refractivity contribution in [3.05, 3.63) is 57.2 Å². The largest absolute Gasteiger partial charge is 0.390 e. The molecule has 2 heterocycles. The van der Waals surface area contributed by atoms with Gasteiger partial charge in [0, 0.05) is 24.9 Å². The number of aliphatic hydroxyl groups is 1. The molecule has 0 unspecified atom stereocenters.